The van der Waals surface area contributed by atoms with Crippen LogP contribution >= 0.6 is 11.5 Å². The van der Waals surface area contributed by atoms with Gasteiger partial charge in [-0.05, 0) is 37.7 Å². The number of piperidine rings is 1. The van der Waals surface area contributed by atoms with Gasteiger partial charge in [-0.25, -0.2) is 0 Å². The lowest BCUT2D eigenvalue weighted by Crippen LogP contribution is -2.29. The molecule has 1 aliphatic heterocycles. The van der Waals surface area contributed by atoms with Crippen molar-refractivity contribution in [3.8, 4) is 0 Å². The van der Waals surface area contributed by atoms with Gasteiger partial charge in [0, 0.05) is 18.7 Å². The number of hydrogen-bond acceptors (Lipinski definition) is 4. The van der Waals surface area contributed by atoms with E-state index in [1.54, 1.807) is 0 Å². The third-order valence-corrected chi connectivity index (χ3v) is 3.60. The van der Waals surface area contributed by atoms with Crippen LogP contribution < -0.4 is 10.6 Å². The second-order valence-corrected chi connectivity index (χ2v) is 4.30. The summed E-state index contributed by atoms with van der Waals surface area (Å²) in [5.74, 6) is 0.700. The Morgan fingerprint density at radius 1 is 1.31 bits per heavy atom. The zero-order valence-corrected chi connectivity index (χ0v) is 8.73. The molecule has 1 aromatic rings. The van der Waals surface area contributed by atoms with Crippen molar-refractivity contribution in [3.05, 3.63) is 5.56 Å². The number of nitrogen functional groups attached to an aromatic ring is 1. The van der Waals surface area contributed by atoms with E-state index in [1.165, 1.54) is 48.9 Å². The molecule has 0 spiro atoms. The maximum atomic E-state index is 5.72. The van der Waals surface area contributed by atoms with Gasteiger partial charge in [0.15, 0.2) is 0 Å². The summed E-state index contributed by atoms with van der Waals surface area (Å²) in [7, 11) is 0. The number of nitrogens with two attached hydrogens (primary N) is 1. The highest BCUT2D eigenvalue weighted by molar-refractivity contribution is 7.10. The largest absolute Gasteiger partial charge is 0.383 e. The first-order chi connectivity index (χ1) is 6.29. The molecule has 0 radical (unpaired) electrons. The van der Waals surface area contributed by atoms with Crippen molar-refractivity contribution in [2.75, 3.05) is 23.7 Å². The van der Waals surface area contributed by atoms with Crippen LogP contribution in [0.1, 0.15) is 24.8 Å². The molecule has 0 aromatic carbocycles. The summed E-state index contributed by atoms with van der Waals surface area (Å²) < 4.78 is 4.17. The van der Waals surface area contributed by atoms with E-state index in [1.807, 2.05) is 0 Å². The van der Waals surface area contributed by atoms with Crippen molar-refractivity contribution in [1.29, 1.82) is 0 Å². The van der Waals surface area contributed by atoms with Crippen LogP contribution in [0.25, 0.3) is 0 Å². The van der Waals surface area contributed by atoms with Crippen LogP contribution in [0.4, 0.5) is 10.8 Å². The molecule has 0 unspecified atom stereocenters. The molecule has 1 saturated heterocycles. The lowest BCUT2D eigenvalue weighted by Gasteiger charge is -2.27. The summed E-state index contributed by atoms with van der Waals surface area (Å²) in [5, 5.41) is 1.28. The first-order valence-corrected chi connectivity index (χ1v) is 5.53. The average molecular weight is 197 g/mol. The molecule has 2 heterocycles. The van der Waals surface area contributed by atoms with Gasteiger partial charge in [-0.15, -0.1) is 0 Å². The molecule has 0 atom stereocenters. The monoisotopic (exact) mass is 197 g/mol. The predicted octanol–water partition coefficient (Wildman–Crippen LogP) is 2.02. The molecule has 4 heteroatoms. The third kappa shape index (κ3) is 1.63. The highest BCUT2D eigenvalue weighted by Gasteiger charge is 2.16. The van der Waals surface area contributed by atoms with E-state index >= 15 is 0 Å². The average Bonchev–Trinajstić information content (AvgIpc) is 2.49. The Kier molecular flexibility index (Phi) is 2.40. The molecular weight excluding hydrogens is 182 g/mol. The fraction of sp³-hybridized carbons (Fsp3) is 0.667. The van der Waals surface area contributed by atoms with Crippen LogP contribution in [0, 0.1) is 6.92 Å². The van der Waals surface area contributed by atoms with Crippen molar-refractivity contribution in [1.82, 2.24) is 4.37 Å². The van der Waals surface area contributed by atoms with E-state index in [4.69, 9.17) is 5.73 Å². The van der Waals surface area contributed by atoms with Gasteiger partial charge in [0.05, 0.1) is 0 Å². The first kappa shape index (κ1) is 8.81. The van der Waals surface area contributed by atoms with Crippen LogP contribution in [0.5, 0.6) is 0 Å². The summed E-state index contributed by atoms with van der Waals surface area (Å²) >= 11 is 1.53. The van der Waals surface area contributed by atoms with E-state index in [0.717, 1.165) is 5.56 Å². The van der Waals surface area contributed by atoms with Crippen LogP contribution in [0.3, 0.4) is 0 Å². The maximum absolute atomic E-state index is 5.72. The van der Waals surface area contributed by atoms with E-state index in [2.05, 4.69) is 16.2 Å². The van der Waals surface area contributed by atoms with E-state index in [0.29, 0.717) is 5.82 Å². The van der Waals surface area contributed by atoms with Crippen LogP contribution in [0.2, 0.25) is 0 Å². The van der Waals surface area contributed by atoms with Crippen molar-refractivity contribution >= 4 is 22.4 Å². The molecule has 0 amide bonds. The van der Waals surface area contributed by atoms with Gasteiger partial charge in [0.2, 0.25) is 0 Å². The zero-order valence-electron chi connectivity index (χ0n) is 7.92. The third-order valence-electron chi connectivity index (χ3n) is 2.58. The Morgan fingerprint density at radius 3 is 2.54 bits per heavy atom. The van der Waals surface area contributed by atoms with E-state index < -0.39 is 0 Å². The SMILES string of the molecule is Cc1c(N)nsc1N1CCCCC1. The van der Waals surface area contributed by atoms with Crippen molar-refractivity contribution in [3.63, 3.8) is 0 Å². The number of nitrogens with zero attached hydrogens (tertiary/aromatic N) is 2. The molecule has 2 N–H and O–H groups in total. The van der Waals surface area contributed by atoms with Crippen molar-refractivity contribution in [2.45, 2.75) is 26.2 Å². The van der Waals surface area contributed by atoms with E-state index in [9.17, 15) is 0 Å². The molecule has 72 valence electrons. The van der Waals surface area contributed by atoms with E-state index in [-0.39, 0.29) is 0 Å². The normalized spacial score (nSPS) is 17.8. The fourth-order valence-electron chi connectivity index (χ4n) is 1.73. The van der Waals surface area contributed by atoms with Crippen molar-refractivity contribution in [2.24, 2.45) is 0 Å². The smallest absolute Gasteiger partial charge is 0.142 e. The Labute approximate surface area is 82.7 Å². The standard InChI is InChI=1S/C9H15N3S/c1-7-8(10)11-13-9(7)12-5-3-2-4-6-12/h2-6H2,1H3,(H2,10,11). The van der Waals surface area contributed by atoms with Gasteiger partial charge in [-0.1, -0.05) is 0 Å². The number of aromatic nitrogens is 1. The molecule has 0 aliphatic carbocycles. The fourth-order valence-corrected chi connectivity index (χ4v) is 2.59. The van der Waals surface area contributed by atoms with Crippen LogP contribution in [-0.2, 0) is 0 Å². The van der Waals surface area contributed by atoms with Crippen LogP contribution in [-0.4, -0.2) is 17.5 Å². The maximum Gasteiger partial charge on any atom is 0.142 e. The van der Waals surface area contributed by atoms with Gasteiger partial charge in [-0.3, -0.25) is 0 Å². The van der Waals surface area contributed by atoms with Gasteiger partial charge in [0.25, 0.3) is 0 Å². The number of hydrogen-bond donors (Lipinski definition) is 1. The molecule has 3 nitrogen and oxygen atoms in total. The van der Waals surface area contributed by atoms with Crippen LogP contribution in [0.15, 0.2) is 0 Å². The highest BCUT2D eigenvalue weighted by atomic mass is 32.1. The second kappa shape index (κ2) is 3.54. The summed E-state index contributed by atoms with van der Waals surface area (Å²) in [4.78, 5) is 2.41. The van der Waals surface area contributed by atoms with Gasteiger partial charge in [-0.2, -0.15) is 4.37 Å². The van der Waals surface area contributed by atoms with Gasteiger partial charge in [0.1, 0.15) is 10.8 Å². The van der Waals surface area contributed by atoms with Crippen molar-refractivity contribution < 1.29 is 0 Å². The summed E-state index contributed by atoms with van der Waals surface area (Å²) in [6.45, 7) is 4.40. The Balaban J connectivity index is 2.18. The molecule has 13 heavy (non-hydrogen) atoms. The molecule has 1 aliphatic rings. The Morgan fingerprint density at radius 2 is 2.00 bits per heavy atom. The quantitative estimate of drug-likeness (QED) is 0.749. The second-order valence-electron chi connectivity index (χ2n) is 3.55. The number of rotatable bonds is 1. The minimum atomic E-state index is 0.700. The first-order valence-electron chi connectivity index (χ1n) is 4.76. The molecule has 0 bridgehead atoms. The lowest BCUT2D eigenvalue weighted by molar-refractivity contribution is 0.580. The lowest BCUT2D eigenvalue weighted by atomic mass is 10.1. The summed E-state index contributed by atoms with van der Waals surface area (Å²) in [6, 6.07) is 0. The van der Waals surface area contributed by atoms with Gasteiger partial charge < -0.3 is 10.6 Å². The zero-order chi connectivity index (χ0) is 9.26. The molecular formula is C9H15N3S. The topological polar surface area (TPSA) is 42.1 Å². The van der Waals surface area contributed by atoms with Gasteiger partial charge >= 0.3 is 0 Å². The Bertz CT molecular complexity index is 289. The highest BCUT2D eigenvalue weighted by Crippen LogP contribution is 2.31. The molecule has 2 rings (SSSR count). The predicted molar refractivity (Wildman–Crippen MR) is 57.3 cm³/mol. The Hall–Kier alpha value is -0.770. The summed E-state index contributed by atoms with van der Waals surface area (Å²) in [5.41, 5.74) is 6.88. The molecule has 1 fully saturated rings. The minimum Gasteiger partial charge on any atom is -0.383 e. The minimum absolute atomic E-state index is 0.700. The molecule has 0 saturated carbocycles. The number of anilines is 2. The molecule has 1 aromatic heterocycles. The summed E-state index contributed by atoms with van der Waals surface area (Å²) in [6.07, 6.45) is 3.97.